The topological polar surface area (TPSA) is 67.8 Å². The number of hydrogen-bond donors (Lipinski definition) is 2. The molecule has 0 atom stereocenters. The number of ether oxygens (including phenoxy) is 1. The molecule has 0 aliphatic rings. The van der Waals surface area contributed by atoms with Gasteiger partial charge in [-0.15, -0.1) is 0 Å². The van der Waals surface area contributed by atoms with Gasteiger partial charge in [-0.05, 0) is 15.9 Å². The smallest absolute Gasteiger partial charge is 0.0896 e. The fourth-order valence-electron chi connectivity index (χ4n) is 0.570. The summed E-state index contributed by atoms with van der Waals surface area (Å²) in [5.74, 6) is 0. The summed E-state index contributed by atoms with van der Waals surface area (Å²) in [7, 11) is 1.66. The van der Waals surface area contributed by atoms with Gasteiger partial charge in [0.25, 0.3) is 0 Å². The molecule has 0 saturated carbocycles. The fourth-order valence-corrected chi connectivity index (χ4v) is 0.862. The molecule has 0 saturated heterocycles. The van der Waals surface area contributed by atoms with Crippen LogP contribution in [0.15, 0.2) is 15.7 Å². The molecule has 0 unspecified atom stereocenters. The molecule has 0 aliphatic carbocycles. The van der Waals surface area contributed by atoms with Crippen LogP contribution >= 0.6 is 15.9 Å². The maximum absolute atomic E-state index is 8.43. The van der Waals surface area contributed by atoms with Crippen molar-refractivity contribution in [3.05, 3.63) is 10.7 Å². The molecule has 5 heteroatoms. The summed E-state index contributed by atoms with van der Waals surface area (Å²) >= 11 is 3.22. The molecule has 0 heterocycles. The first-order valence-corrected chi connectivity index (χ1v) is 4.27. The molecular weight excluding hydrogens is 224 g/mol. The van der Waals surface area contributed by atoms with Crippen molar-refractivity contribution in [2.24, 2.45) is 10.7 Å². The Kier molecular flexibility index (Phi) is 7.03. The van der Waals surface area contributed by atoms with Gasteiger partial charge in [0.05, 0.1) is 30.0 Å². The van der Waals surface area contributed by atoms with Gasteiger partial charge in [0, 0.05) is 13.2 Å². The van der Waals surface area contributed by atoms with Crippen LogP contribution < -0.4 is 5.73 Å². The molecule has 70 valence electrons. The zero-order valence-electron chi connectivity index (χ0n) is 6.96. The van der Waals surface area contributed by atoms with Gasteiger partial charge in [0.2, 0.25) is 0 Å². The van der Waals surface area contributed by atoms with Crippen molar-refractivity contribution in [1.29, 1.82) is 0 Å². The first kappa shape index (κ1) is 11.6. The zero-order valence-corrected chi connectivity index (χ0v) is 8.54. The summed E-state index contributed by atoms with van der Waals surface area (Å²) in [5.41, 5.74) is 5.99. The van der Waals surface area contributed by atoms with Crippen LogP contribution in [0.5, 0.6) is 0 Å². The van der Waals surface area contributed by atoms with E-state index in [1.165, 1.54) is 6.20 Å². The van der Waals surface area contributed by atoms with Crippen molar-refractivity contribution in [1.82, 2.24) is 0 Å². The Bertz CT molecular complexity index is 180. The van der Waals surface area contributed by atoms with E-state index in [2.05, 4.69) is 20.9 Å². The maximum atomic E-state index is 8.43. The standard InChI is InChI=1S/C7H13BrN2O2/c1-10-7(6(8)4-9)5-12-3-2-11/h4,11H,2-3,5,9H2,1H3/b6-4+,10-7?. The minimum atomic E-state index is 0.0148. The minimum Gasteiger partial charge on any atom is -0.404 e. The molecule has 12 heavy (non-hydrogen) atoms. The van der Waals surface area contributed by atoms with E-state index in [0.717, 1.165) is 5.71 Å². The van der Waals surface area contributed by atoms with Crippen molar-refractivity contribution in [2.45, 2.75) is 0 Å². The summed E-state index contributed by atoms with van der Waals surface area (Å²) in [4.78, 5) is 3.95. The van der Waals surface area contributed by atoms with E-state index in [0.29, 0.717) is 17.7 Å². The molecule has 0 radical (unpaired) electrons. The minimum absolute atomic E-state index is 0.0148. The number of halogens is 1. The second-order valence-electron chi connectivity index (χ2n) is 1.96. The SMILES string of the molecule is CN=C(COCCO)/C(Br)=C\N. The lowest BCUT2D eigenvalue weighted by Gasteiger charge is -2.04. The van der Waals surface area contributed by atoms with Crippen molar-refractivity contribution in [2.75, 3.05) is 26.9 Å². The molecule has 0 aromatic heterocycles. The molecule has 0 aromatic rings. The summed E-state index contributed by atoms with van der Waals surface area (Å²) in [6.07, 6.45) is 1.41. The normalized spacial score (nSPS) is 13.6. The van der Waals surface area contributed by atoms with Crippen molar-refractivity contribution >= 4 is 21.6 Å². The van der Waals surface area contributed by atoms with Gasteiger partial charge in [0.15, 0.2) is 0 Å². The van der Waals surface area contributed by atoms with E-state index in [4.69, 9.17) is 15.6 Å². The summed E-state index contributed by atoms with van der Waals surface area (Å²) < 4.78 is 5.76. The molecule has 0 aliphatic heterocycles. The Hall–Kier alpha value is -0.390. The van der Waals surface area contributed by atoms with Crippen LogP contribution in [-0.4, -0.2) is 37.7 Å². The summed E-state index contributed by atoms with van der Waals surface area (Å²) in [5, 5.41) is 8.43. The number of nitrogens with two attached hydrogens (primary N) is 1. The summed E-state index contributed by atoms with van der Waals surface area (Å²) in [6, 6.07) is 0. The second-order valence-corrected chi connectivity index (χ2v) is 2.82. The Labute approximate surface area is 80.2 Å². The molecule has 3 N–H and O–H groups in total. The van der Waals surface area contributed by atoms with Crippen molar-refractivity contribution in [3.8, 4) is 0 Å². The zero-order chi connectivity index (χ0) is 9.40. The molecular formula is C7H13BrN2O2. The van der Waals surface area contributed by atoms with Crippen LogP contribution in [0.1, 0.15) is 0 Å². The van der Waals surface area contributed by atoms with E-state index in [1.54, 1.807) is 7.05 Å². The molecule has 0 rings (SSSR count). The largest absolute Gasteiger partial charge is 0.404 e. The highest BCUT2D eigenvalue weighted by molar-refractivity contribution is 9.12. The van der Waals surface area contributed by atoms with Gasteiger partial charge >= 0.3 is 0 Å². The number of aliphatic hydroxyl groups excluding tert-OH is 1. The van der Waals surface area contributed by atoms with E-state index in [1.807, 2.05) is 0 Å². The third kappa shape index (κ3) is 4.48. The van der Waals surface area contributed by atoms with Gasteiger partial charge < -0.3 is 15.6 Å². The average Bonchev–Trinajstić information content (AvgIpc) is 2.11. The number of aliphatic imine (C=N–C) groups is 1. The molecule has 0 spiro atoms. The highest BCUT2D eigenvalue weighted by Crippen LogP contribution is 2.05. The van der Waals surface area contributed by atoms with E-state index >= 15 is 0 Å². The average molecular weight is 237 g/mol. The number of rotatable bonds is 5. The van der Waals surface area contributed by atoms with Gasteiger partial charge in [-0.2, -0.15) is 0 Å². The number of nitrogens with zero attached hydrogens (tertiary/aromatic N) is 1. The number of hydrogen-bond acceptors (Lipinski definition) is 4. The maximum Gasteiger partial charge on any atom is 0.0896 e. The van der Waals surface area contributed by atoms with Crippen LogP contribution in [0.2, 0.25) is 0 Å². The van der Waals surface area contributed by atoms with Crippen molar-refractivity contribution < 1.29 is 9.84 Å². The lowest BCUT2D eigenvalue weighted by atomic mass is 10.4. The third-order valence-corrected chi connectivity index (χ3v) is 1.89. The van der Waals surface area contributed by atoms with E-state index < -0.39 is 0 Å². The highest BCUT2D eigenvalue weighted by Gasteiger charge is 2.01. The van der Waals surface area contributed by atoms with Crippen LogP contribution in [0.25, 0.3) is 0 Å². The van der Waals surface area contributed by atoms with Crippen LogP contribution in [0, 0.1) is 0 Å². The number of aliphatic hydroxyl groups is 1. The third-order valence-electron chi connectivity index (χ3n) is 1.17. The predicted molar refractivity (Wildman–Crippen MR) is 52.5 cm³/mol. The monoisotopic (exact) mass is 236 g/mol. The first-order valence-electron chi connectivity index (χ1n) is 3.48. The van der Waals surface area contributed by atoms with Gasteiger partial charge in [-0.25, -0.2) is 0 Å². The fraction of sp³-hybridized carbons (Fsp3) is 0.571. The molecule has 0 bridgehead atoms. The molecule has 0 aromatic carbocycles. The molecule has 0 amide bonds. The Morgan fingerprint density at radius 1 is 1.75 bits per heavy atom. The van der Waals surface area contributed by atoms with Crippen LogP contribution in [0.3, 0.4) is 0 Å². The van der Waals surface area contributed by atoms with Crippen molar-refractivity contribution in [3.63, 3.8) is 0 Å². The lowest BCUT2D eigenvalue weighted by molar-refractivity contribution is 0.118. The quantitative estimate of drug-likeness (QED) is 0.532. The molecule has 4 nitrogen and oxygen atoms in total. The van der Waals surface area contributed by atoms with Crippen LogP contribution in [0.4, 0.5) is 0 Å². The van der Waals surface area contributed by atoms with E-state index in [-0.39, 0.29) is 6.61 Å². The lowest BCUT2D eigenvalue weighted by Crippen LogP contribution is -2.12. The predicted octanol–water partition coefficient (Wildman–Crippen LogP) is 0.261. The van der Waals surface area contributed by atoms with Gasteiger partial charge in [0.1, 0.15) is 0 Å². The van der Waals surface area contributed by atoms with E-state index in [9.17, 15) is 0 Å². The first-order chi connectivity index (χ1) is 5.76. The second kappa shape index (κ2) is 7.27. The Morgan fingerprint density at radius 3 is 2.83 bits per heavy atom. The summed E-state index contributed by atoms with van der Waals surface area (Å²) in [6.45, 7) is 0.677. The Balaban J connectivity index is 3.86. The Morgan fingerprint density at radius 2 is 2.42 bits per heavy atom. The van der Waals surface area contributed by atoms with Crippen LogP contribution in [-0.2, 0) is 4.74 Å². The van der Waals surface area contributed by atoms with Gasteiger partial charge in [-0.3, -0.25) is 4.99 Å². The van der Waals surface area contributed by atoms with Gasteiger partial charge in [-0.1, -0.05) is 0 Å². The molecule has 0 fully saturated rings. The highest BCUT2D eigenvalue weighted by atomic mass is 79.9.